The summed E-state index contributed by atoms with van der Waals surface area (Å²) in [5.41, 5.74) is 3.96. The monoisotopic (exact) mass is 392 g/mol. The molecule has 0 spiro atoms. The van der Waals surface area contributed by atoms with Crippen LogP contribution in [0.25, 0.3) is 0 Å². The standard InChI is InChI=1S/C28H40O/c1-4-22-13-15-24-25-16-14-23-12-8-9-17-27(23,3)28(25,19-18-26(22,24)2)29-20-21-10-6-5-7-11-21/h4-7,10-11,23-25H,8-9,12-20H2,1-3H3/b22-4-/t23?,24?,25?,26-,27+,28-/m1/s1. The van der Waals surface area contributed by atoms with E-state index in [9.17, 15) is 0 Å². The van der Waals surface area contributed by atoms with E-state index in [1.807, 2.05) is 0 Å². The molecule has 5 rings (SSSR count). The summed E-state index contributed by atoms with van der Waals surface area (Å²) in [5.74, 6) is 2.43. The fraction of sp³-hybridized carbons (Fsp3) is 0.714. The van der Waals surface area contributed by atoms with Gasteiger partial charge in [-0.1, -0.05) is 68.7 Å². The molecule has 4 aliphatic carbocycles. The van der Waals surface area contributed by atoms with Crippen LogP contribution in [0.5, 0.6) is 0 Å². The molecule has 0 amide bonds. The number of rotatable bonds is 3. The van der Waals surface area contributed by atoms with Crippen molar-refractivity contribution < 1.29 is 4.74 Å². The number of fused-ring (bicyclic) bond motifs is 5. The van der Waals surface area contributed by atoms with E-state index in [1.165, 1.54) is 69.8 Å². The maximum absolute atomic E-state index is 7.24. The van der Waals surface area contributed by atoms with Crippen molar-refractivity contribution >= 4 is 0 Å². The zero-order valence-electron chi connectivity index (χ0n) is 18.9. The van der Waals surface area contributed by atoms with Crippen molar-refractivity contribution in [2.45, 2.75) is 97.2 Å². The molecule has 1 aromatic carbocycles. The summed E-state index contributed by atoms with van der Waals surface area (Å²) in [6.45, 7) is 8.30. The molecule has 1 nitrogen and oxygen atoms in total. The third kappa shape index (κ3) is 2.83. The van der Waals surface area contributed by atoms with Crippen LogP contribution in [0.1, 0.15) is 90.5 Å². The Bertz CT molecular complexity index is 766. The van der Waals surface area contributed by atoms with Gasteiger partial charge in [0.1, 0.15) is 0 Å². The van der Waals surface area contributed by atoms with Gasteiger partial charge in [0.2, 0.25) is 0 Å². The number of allylic oxidation sites excluding steroid dienone is 2. The molecule has 0 radical (unpaired) electrons. The minimum Gasteiger partial charge on any atom is -0.369 e. The molecule has 0 heterocycles. The fourth-order valence-electron chi connectivity index (χ4n) is 8.65. The molecule has 0 aromatic heterocycles. The Labute approximate surface area is 178 Å². The second kappa shape index (κ2) is 7.26. The van der Waals surface area contributed by atoms with Crippen LogP contribution in [0, 0.1) is 28.6 Å². The van der Waals surface area contributed by atoms with Gasteiger partial charge < -0.3 is 4.74 Å². The lowest BCUT2D eigenvalue weighted by Gasteiger charge is -2.66. The molecule has 1 aromatic rings. The topological polar surface area (TPSA) is 9.23 Å². The zero-order valence-corrected chi connectivity index (χ0v) is 18.9. The molecular weight excluding hydrogens is 352 g/mol. The van der Waals surface area contributed by atoms with Crippen LogP contribution in [0.2, 0.25) is 0 Å². The minimum atomic E-state index is 0.0829. The smallest absolute Gasteiger partial charge is 0.0774 e. The van der Waals surface area contributed by atoms with E-state index in [4.69, 9.17) is 4.74 Å². The molecular formula is C28H40O. The molecule has 3 unspecified atom stereocenters. The second-order valence-corrected chi connectivity index (χ2v) is 11.1. The molecule has 29 heavy (non-hydrogen) atoms. The quantitative estimate of drug-likeness (QED) is 0.479. The third-order valence-electron chi connectivity index (χ3n) is 10.3. The lowest BCUT2D eigenvalue weighted by Crippen LogP contribution is -2.65. The molecule has 6 atom stereocenters. The van der Waals surface area contributed by atoms with Crippen LogP contribution in [0.15, 0.2) is 42.0 Å². The lowest BCUT2D eigenvalue weighted by atomic mass is 9.42. The molecule has 0 aliphatic heterocycles. The average Bonchev–Trinajstić information content (AvgIpc) is 3.09. The summed E-state index contributed by atoms with van der Waals surface area (Å²) in [5, 5.41) is 0. The van der Waals surface area contributed by atoms with Crippen molar-refractivity contribution in [3.63, 3.8) is 0 Å². The Kier molecular flexibility index (Phi) is 4.97. The van der Waals surface area contributed by atoms with Gasteiger partial charge in [-0.25, -0.2) is 0 Å². The van der Waals surface area contributed by atoms with Crippen molar-refractivity contribution in [2.24, 2.45) is 28.6 Å². The van der Waals surface area contributed by atoms with Crippen molar-refractivity contribution in [2.75, 3.05) is 0 Å². The van der Waals surface area contributed by atoms with Gasteiger partial charge in [0.05, 0.1) is 12.2 Å². The number of hydrogen-bond acceptors (Lipinski definition) is 1. The van der Waals surface area contributed by atoms with Crippen molar-refractivity contribution in [1.82, 2.24) is 0 Å². The van der Waals surface area contributed by atoms with E-state index in [0.717, 1.165) is 24.4 Å². The van der Waals surface area contributed by atoms with Gasteiger partial charge in [-0.3, -0.25) is 0 Å². The summed E-state index contributed by atoms with van der Waals surface area (Å²) >= 11 is 0. The van der Waals surface area contributed by atoms with Crippen LogP contribution in [0.4, 0.5) is 0 Å². The summed E-state index contributed by atoms with van der Waals surface area (Å²) < 4.78 is 7.24. The zero-order chi connectivity index (χ0) is 20.1. The van der Waals surface area contributed by atoms with Gasteiger partial charge in [-0.15, -0.1) is 0 Å². The highest BCUT2D eigenvalue weighted by atomic mass is 16.5. The SMILES string of the molecule is C/C=C1/CCC2C3CCC4CCCC[C@]4(C)[C@@]3(OCc3ccccc3)CC[C@]12C. The molecule has 4 aliphatic rings. The lowest BCUT2D eigenvalue weighted by molar-refractivity contribution is -0.260. The Morgan fingerprint density at radius 2 is 1.76 bits per heavy atom. The normalized spacial score (nSPS) is 45.5. The molecule has 4 saturated carbocycles. The largest absolute Gasteiger partial charge is 0.369 e. The van der Waals surface area contributed by atoms with Gasteiger partial charge >= 0.3 is 0 Å². The molecule has 0 bridgehead atoms. The molecule has 158 valence electrons. The number of ether oxygens (including phenoxy) is 1. The second-order valence-electron chi connectivity index (χ2n) is 11.1. The maximum atomic E-state index is 7.24. The summed E-state index contributed by atoms with van der Waals surface area (Å²) in [4.78, 5) is 0. The van der Waals surface area contributed by atoms with Crippen molar-refractivity contribution in [1.29, 1.82) is 0 Å². The molecule has 0 saturated heterocycles. The van der Waals surface area contributed by atoms with Crippen LogP contribution < -0.4 is 0 Å². The Morgan fingerprint density at radius 1 is 0.931 bits per heavy atom. The first-order valence-electron chi connectivity index (χ1n) is 12.4. The van der Waals surface area contributed by atoms with Gasteiger partial charge in [0, 0.05) is 0 Å². The van der Waals surface area contributed by atoms with E-state index < -0.39 is 0 Å². The fourth-order valence-corrected chi connectivity index (χ4v) is 8.65. The Hall–Kier alpha value is -1.08. The first kappa shape index (κ1) is 19.9. The first-order chi connectivity index (χ1) is 14.0. The third-order valence-corrected chi connectivity index (χ3v) is 10.3. The van der Waals surface area contributed by atoms with Gasteiger partial charge in [0.15, 0.2) is 0 Å². The molecule has 4 fully saturated rings. The van der Waals surface area contributed by atoms with Crippen LogP contribution in [-0.4, -0.2) is 5.60 Å². The highest BCUT2D eigenvalue weighted by molar-refractivity contribution is 5.27. The Balaban J connectivity index is 1.53. The van der Waals surface area contributed by atoms with E-state index in [1.54, 1.807) is 5.57 Å². The van der Waals surface area contributed by atoms with E-state index in [2.05, 4.69) is 57.2 Å². The molecule has 0 N–H and O–H groups in total. The first-order valence-corrected chi connectivity index (χ1v) is 12.4. The van der Waals surface area contributed by atoms with E-state index >= 15 is 0 Å². The van der Waals surface area contributed by atoms with Crippen LogP contribution >= 0.6 is 0 Å². The predicted molar refractivity (Wildman–Crippen MR) is 121 cm³/mol. The Morgan fingerprint density at radius 3 is 2.55 bits per heavy atom. The maximum Gasteiger partial charge on any atom is 0.0774 e. The average molecular weight is 393 g/mol. The van der Waals surface area contributed by atoms with E-state index in [0.29, 0.717) is 10.8 Å². The summed E-state index contributed by atoms with van der Waals surface area (Å²) in [6, 6.07) is 10.9. The highest BCUT2D eigenvalue weighted by Crippen LogP contribution is 2.70. The van der Waals surface area contributed by atoms with E-state index in [-0.39, 0.29) is 5.60 Å². The van der Waals surface area contributed by atoms with Crippen LogP contribution in [0.3, 0.4) is 0 Å². The highest BCUT2D eigenvalue weighted by Gasteiger charge is 2.66. The molecule has 1 heteroatoms. The number of benzene rings is 1. The van der Waals surface area contributed by atoms with Crippen molar-refractivity contribution in [3.05, 3.63) is 47.5 Å². The summed E-state index contributed by atoms with van der Waals surface area (Å²) in [6.07, 6.45) is 16.2. The van der Waals surface area contributed by atoms with Gasteiger partial charge in [0.25, 0.3) is 0 Å². The minimum absolute atomic E-state index is 0.0829. The summed E-state index contributed by atoms with van der Waals surface area (Å²) in [7, 11) is 0. The van der Waals surface area contributed by atoms with Gasteiger partial charge in [-0.2, -0.15) is 0 Å². The van der Waals surface area contributed by atoms with Gasteiger partial charge in [-0.05, 0) is 92.4 Å². The predicted octanol–water partition coefficient (Wildman–Crippen LogP) is 7.70. The number of hydrogen-bond donors (Lipinski definition) is 0. The van der Waals surface area contributed by atoms with Crippen molar-refractivity contribution in [3.8, 4) is 0 Å². The van der Waals surface area contributed by atoms with Crippen LogP contribution in [-0.2, 0) is 11.3 Å².